The Morgan fingerprint density at radius 2 is 2.24 bits per heavy atom. The summed E-state index contributed by atoms with van der Waals surface area (Å²) in [4.78, 5) is 11.7. The van der Waals surface area contributed by atoms with Gasteiger partial charge in [-0.3, -0.25) is 4.79 Å². The summed E-state index contributed by atoms with van der Waals surface area (Å²) >= 11 is 0. The fourth-order valence-corrected chi connectivity index (χ4v) is 2.31. The van der Waals surface area contributed by atoms with E-state index < -0.39 is 0 Å². The number of rotatable bonds is 4. The van der Waals surface area contributed by atoms with Crippen LogP contribution in [0.4, 0.5) is 0 Å². The van der Waals surface area contributed by atoms with Gasteiger partial charge in [-0.15, -0.1) is 0 Å². The van der Waals surface area contributed by atoms with Gasteiger partial charge in [-0.05, 0) is 55.9 Å². The maximum Gasteiger partial charge on any atom is 0.277 e. The third-order valence-corrected chi connectivity index (χ3v) is 3.44. The van der Waals surface area contributed by atoms with Crippen molar-refractivity contribution in [2.75, 3.05) is 6.61 Å². The van der Waals surface area contributed by atoms with E-state index in [1.54, 1.807) is 24.3 Å². The Labute approximate surface area is 124 Å². The van der Waals surface area contributed by atoms with Gasteiger partial charge < -0.3 is 4.74 Å². The van der Waals surface area contributed by atoms with E-state index in [1.807, 2.05) is 6.07 Å². The molecule has 1 aliphatic carbocycles. The van der Waals surface area contributed by atoms with Gasteiger partial charge in [-0.1, -0.05) is 6.92 Å². The zero-order valence-electron chi connectivity index (χ0n) is 12.1. The molecule has 1 atom stereocenters. The number of nitrogens with zero attached hydrogens (tertiary/aromatic N) is 2. The fourth-order valence-electron chi connectivity index (χ4n) is 2.31. The average molecular weight is 285 g/mol. The van der Waals surface area contributed by atoms with Crippen LogP contribution in [0.15, 0.2) is 29.4 Å². The van der Waals surface area contributed by atoms with Crippen molar-refractivity contribution in [1.82, 2.24) is 5.43 Å². The predicted molar refractivity (Wildman–Crippen MR) is 79.9 cm³/mol. The third-order valence-electron chi connectivity index (χ3n) is 3.44. The van der Waals surface area contributed by atoms with Crippen LogP contribution in [0.2, 0.25) is 0 Å². The highest BCUT2D eigenvalue weighted by molar-refractivity contribution is 5.87. The van der Waals surface area contributed by atoms with E-state index in [-0.39, 0.29) is 12.5 Å². The van der Waals surface area contributed by atoms with Crippen LogP contribution in [0.5, 0.6) is 5.75 Å². The van der Waals surface area contributed by atoms with Gasteiger partial charge in [0.1, 0.15) is 5.75 Å². The summed E-state index contributed by atoms with van der Waals surface area (Å²) < 4.78 is 5.34. The molecule has 21 heavy (non-hydrogen) atoms. The molecule has 5 nitrogen and oxygen atoms in total. The minimum absolute atomic E-state index is 0.0851. The zero-order chi connectivity index (χ0) is 15.1. The Morgan fingerprint density at radius 1 is 1.48 bits per heavy atom. The monoisotopic (exact) mass is 285 g/mol. The van der Waals surface area contributed by atoms with Crippen LogP contribution in [-0.4, -0.2) is 18.2 Å². The van der Waals surface area contributed by atoms with Crippen LogP contribution in [0.25, 0.3) is 0 Å². The number of hydrogen-bond donors (Lipinski definition) is 1. The highest BCUT2D eigenvalue weighted by Gasteiger charge is 2.14. The lowest BCUT2D eigenvalue weighted by atomic mass is 9.89. The number of hydrazone groups is 1. The molecule has 110 valence electrons. The number of nitriles is 1. The molecule has 5 heteroatoms. The summed E-state index contributed by atoms with van der Waals surface area (Å²) in [6.45, 7) is 2.11. The molecule has 0 aromatic heterocycles. The van der Waals surface area contributed by atoms with Gasteiger partial charge in [0.15, 0.2) is 6.61 Å². The second kappa shape index (κ2) is 7.44. The van der Waals surface area contributed by atoms with Gasteiger partial charge in [0.05, 0.1) is 11.6 Å². The van der Waals surface area contributed by atoms with Crippen LogP contribution in [-0.2, 0) is 4.79 Å². The van der Waals surface area contributed by atoms with Gasteiger partial charge in [0.2, 0.25) is 0 Å². The number of benzene rings is 1. The van der Waals surface area contributed by atoms with Crippen LogP contribution in [0, 0.1) is 17.2 Å². The van der Waals surface area contributed by atoms with Crippen LogP contribution < -0.4 is 10.2 Å². The summed E-state index contributed by atoms with van der Waals surface area (Å²) in [5.41, 5.74) is 4.15. The number of amides is 1. The van der Waals surface area contributed by atoms with E-state index in [1.165, 1.54) is 6.42 Å². The first-order valence-electron chi connectivity index (χ1n) is 7.14. The molecule has 1 saturated carbocycles. The maximum absolute atomic E-state index is 11.7. The first-order valence-corrected chi connectivity index (χ1v) is 7.14. The predicted octanol–water partition coefficient (Wildman–Crippen LogP) is 2.62. The molecule has 1 fully saturated rings. The molecule has 0 aliphatic heterocycles. The Morgan fingerprint density at radius 3 is 2.90 bits per heavy atom. The van der Waals surface area contributed by atoms with Crippen LogP contribution >= 0.6 is 0 Å². The molecule has 1 aromatic rings. The average Bonchev–Trinajstić information content (AvgIpc) is 2.51. The van der Waals surface area contributed by atoms with E-state index in [9.17, 15) is 4.79 Å². The minimum Gasteiger partial charge on any atom is -0.484 e. The number of ether oxygens (including phenoxy) is 1. The lowest BCUT2D eigenvalue weighted by Crippen LogP contribution is -2.27. The third kappa shape index (κ3) is 4.92. The van der Waals surface area contributed by atoms with Crippen molar-refractivity contribution in [2.24, 2.45) is 11.0 Å². The fraction of sp³-hybridized carbons (Fsp3) is 0.438. The van der Waals surface area contributed by atoms with E-state index in [4.69, 9.17) is 10.00 Å². The molecule has 2 rings (SSSR count). The Bertz CT molecular complexity index is 558. The molecule has 1 amide bonds. The quantitative estimate of drug-likeness (QED) is 0.864. The molecule has 0 heterocycles. The summed E-state index contributed by atoms with van der Waals surface area (Å²) in [7, 11) is 0. The smallest absolute Gasteiger partial charge is 0.277 e. The van der Waals surface area contributed by atoms with Gasteiger partial charge in [-0.25, -0.2) is 5.43 Å². The number of carbonyl (C=O) groups is 1. The van der Waals surface area contributed by atoms with Gasteiger partial charge >= 0.3 is 0 Å². The van der Waals surface area contributed by atoms with Crippen molar-refractivity contribution in [3.63, 3.8) is 0 Å². The molecular formula is C16H19N3O2. The van der Waals surface area contributed by atoms with Gasteiger partial charge in [-0.2, -0.15) is 10.4 Å². The van der Waals surface area contributed by atoms with Crippen molar-refractivity contribution >= 4 is 11.6 Å². The number of hydrogen-bond acceptors (Lipinski definition) is 4. The summed E-state index contributed by atoms with van der Waals surface area (Å²) in [5.74, 6) is 0.928. The highest BCUT2D eigenvalue weighted by Crippen LogP contribution is 2.20. The topological polar surface area (TPSA) is 74.5 Å². The van der Waals surface area contributed by atoms with Crippen molar-refractivity contribution in [3.8, 4) is 11.8 Å². The van der Waals surface area contributed by atoms with Gasteiger partial charge in [0.25, 0.3) is 5.91 Å². The Hall–Kier alpha value is -2.35. The normalized spacial score (nSPS) is 19.8. The molecule has 0 spiro atoms. The zero-order valence-corrected chi connectivity index (χ0v) is 12.1. The lowest BCUT2D eigenvalue weighted by Gasteiger charge is -2.18. The molecule has 0 saturated heterocycles. The summed E-state index contributed by atoms with van der Waals surface area (Å²) in [5, 5.41) is 12.9. The SMILES string of the molecule is CC1CCC/C(=N\NC(=O)COc2ccc(C#N)cc2)C1. The van der Waals surface area contributed by atoms with E-state index in [0.29, 0.717) is 17.2 Å². The molecular weight excluding hydrogens is 266 g/mol. The first-order chi connectivity index (χ1) is 10.2. The standard InChI is InChI=1S/C16H19N3O2/c1-12-3-2-4-14(9-12)18-19-16(20)11-21-15-7-5-13(10-17)6-8-15/h5-8,12H,2-4,9,11H2,1H3,(H,19,20)/b18-14+. The van der Waals surface area contributed by atoms with E-state index in [2.05, 4.69) is 17.5 Å². The van der Waals surface area contributed by atoms with Crippen LogP contribution in [0.3, 0.4) is 0 Å². The van der Waals surface area contributed by atoms with Crippen LogP contribution in [0.1, 0.15) is 38.2 Å². The van der Waals surface area contributed by atoms with Crippen molar-refractivity contribution in [2.45, 2.75) is 32.6 Å². The van der Waals surface area contributed by atoms with Gasteiger partial charge in [0, 0.05) is 5.71 Å². The highest BCUT2D eigenvalue weighted by atomic mass is 16.5. The second-order valence-corrected chi connectivity index (χ2v) is 5.34. The summed E-state index contributed by atoms with van der Waals surface area (Å²) in [6.07, 6.45) is 4.28. The Kier molecular flexibility index (Phi) is 5.33. The molecule has 1 aliphatic rings. The van der Waals surface area contributed by atoms with Crippen molar-refractivity contribution in [3.05, 3.63) is 29.8 Å². The molecule has 1 N–H and O–H groups in total. The second-order valence-electron chi connectivity index (χ2n) is 5.34. The maximum atomic E-state index is 11.7. The molecule has 1 unspecified atom stereocenters. The molecule has 0 bridgehead atoms. The van der Waals surface area contributed by atoms with E-state index >= 15 is 0 Å². The first kappa shape index (κ1) is 15.0. The number of carbonyl (C=O) groups excluding carboxylic acids is 1. The Balaban J connectivity index is 1.76. The summed E-state index contributed by atoms with van der Waals surface area (Å²) in [6, 6.07) is 8.66. The molecule has 1 aromatic carbocycles. The minimum atomic E-state index is -0.273. The number of nitrogens with one attached hydrogen (secondary N) is 1. The van der Waals surface area contributed by atoms with Crippen molar-refractivity contribution < 1.29 is 9.53 Å². The largest absolute Gasteiger partial charge is 0.484 e. The molecule has 0 radical (unpaired) electrons. The van der Waals surface area contributed by atoms with E-state index in [0.717, 1.165) is 25.0 Å². The van der Waals surface area contributed by atoms with Crippen molar-refractivity contribution in [1.29, 1.82) is 5.26 Å². The lowest BCUT2D eigenvalue weighted by molar-refractivity contribution is -0.123.